The average molecular weight is 256 g/mol. The molecule has 1 N–H and O–H groups in total. The topological polar surface area (TPSA) is 28.3 Å². The summed E-state index contributed by atoms with van der Waals surface area (Å²) in [5.74, 6) is 1.70. The molecule has 1 saturated heterocycles. The van der Waals surface area contributed by atoms with Crippen molar-refractivity contribution in [1.29, 1.82) is 0 Å². The second-order valence-corrected chi connectivity index (χ2v) is 5.79. The van der Waals surface area contributed by atoms with Crippen molar-refractivity contribution in [2.24, 2.45) is 0 Å². The van der Waals surface area contributed by atoms with Gasteiger partial charge in [0.25, 0.3) is 0 Å². The van der Waals surface area contributed by atoms with Crippen molar-refractivity contribution in [3.63, 3.8) is 0 Å². The molecule has 1 aromatic heterocycles. The Morgan fingerprint density at radius 3 is 3.16 bits per heavy atom. The first kappa shape index (κ1) is 11.4. The van der Waals surface area contributed by atoms with E-state index in [-0.39, 0.29) is 0 Å². The highest BCUT2D eigenvalue weighted by Gasteiger charge is 2.29. The largest absolute Gasteiger partial charge is 0.496 e. The highest BCUT2D eigenvalue weighted by molar-refractivity contribution is 5.91. The number of piperidine rings is 1. The van der Waals surface area contributed by atoms with Crippen LogP contribution in [0.4, 0.5) is 0 Å². The van der Waals surface area contributed by atoms with Gasteiger partial charge in [0.05, 0.1) is 7.11 Å². The molecule has 0 amide bonds. The third kappa shape index (κ3) is 1.68. The number of nitrogens with one attached hydrogen (secondary N) is 1. The highest BCUT2D eigenvalue weighted by Crippen LogP contribution is 2.39. The second kappa shape index (κ2) is 4.27. The van der Waals surface area contributed by atoms with Crippen LogP contribution in [-0.4, -0.2) is 36.6 Å². The number of rotatable bonds is 1. The van der Waals surface area contributed by atoms with Crippen LogP contribution in [0.15, 0.2) is 18.2 Å². The number of hydrogen-bond acceptors (Lipinski definition) is 2. The van der Waals surface area contributed by atoms with Gasteiger partial charge in [0.2, 0.25) is 0 Å². The Hall–Kier alpha value is -1.48. The number of fused-ring (bicyclic) bond motifs is 6. The number of nitrogens with zero attached hydrogens (tertiary/aromatic N) is 1. The maximum absolute atomic E-state index is 5.57. The first-order valence-electron chi connectivity index (χ1n) is 7.26. The van der Waals surface area contributed by atoms with E-state index in [9.17, 15) is 0 Å². The molecule has 19 heavy (non-hydrogen) atoms. The number of ether oxygens (including phenoxy) is 1. The summed E-state index contributed by atoms with van der Waals surface area (Å²) in [6, 6.07) is 6.32. The van der Waals surface area contributed by atoms with Gasteiger partial charge < -0.3 is 14.6 Å². The van der Waals surface area contributed by atoms with E-state index >= 15 is 0 Å². The van der Waals surface area contributed by atoms with Crippen molar-refractivity contribution in [1.82, 2.24) is 9.88 Å². The maximum atomic E-state index is 5.57. The Morgan fingerprint density at radius 2 is 2.26 bits per heavy atom. The molecule has 2 aromatic rings. The minimum Gasteiger partial charge on any atom is -0.496 e. The predicted octanol–water partition coefficient (Wildman–Crippen LogP) is 2.91. The fourth-order valence-corrected chi connectivity index (χ4v) is 3.84. The third-order valence-corrected chi connectivity index (χ3v) is 4.73. The summed E-state index contributed by atoms with van der Waals surface area (Å²) < 4.78 is 5.57. The number of hydrogen-bond donors (Lipinski definition) is 1. The molecule has 100 valence electrons. The minimum absolute atomic E-state index is 0.684. The average Bonchev–Trinajstić information content (AvgIpc) is 2.79. The summed E-state index contributed by atoms with van der Waals surface area (Å²) in [7, 11) is 1.77. The van der Waals surface area contributed by atoms with Gasteiger partial charge >= 0.3 is 0 Å². The number of methoxy groups -OCH3 is 1. The molecule has 2 aliphatic heterocycles. The van der Waals surface area contributed by atoms with Crippen molar-refractivity contribution in [3.8, 4) is 5.75 Å². The van der Waals surface area contributed by atoms with E-state index in [0.717, 1.165) is 12.2 Å². The van der Waals surface area contributed by atoms with Gasteiger partial charge in [-0.3, -0.25) is 0 Å². The lowest BCUT2D eigenvalue weighted by molar-refractivity contribution is 0.217. The monoisotopic (exact) mass is 256 g/mol. The van der Waals surface area contributed by atoms with Gasteiger partial charge in [-0.25, -0.2) is 0 Å². The zero-order valence-electron chi connectivity index (χ0n) is 11.4. The first-order valence-corrected chi connectivity index (χ1v) is 7.26. The molecule has 1 fully saturated rings. The quantitative estimate of drug-likeness (QED) is 0.849. The normalized spacial score (nSPS) is 25.9. The van der Waals surface area contributed by atoms with Gasteiger partial charge in [-0.05, 0) is 43.5 Å². The van der Waals surface area contributed by atoms with Crippen molar-refractivity contribution in [2.75, 3.05) is 26.7 Å². The minimum atomic E-state index is 0.684. The van der Waals surface area contributed by atoms with E-state index in [2.05, 4.69) is 28.1 Å². The molecule has 2 atom stereocenters. The van der Waals surface area contributed by atoms with Crippen LogP contribution in [0.25, 0.3) is 10.9 Å². The molecule has 0 aliphatic carbocycles. The lowest BCUT2D eigenvalue weighted by Crippen LogP contribution is -2.33. The molecule has 2 bridgehead atoms. The van der Waals surface area contributed by atoms with Crippen LogP contribution in [0.2, 0.25) is 0 Å². The van der Waals surface area contributed by atoms with Crippen molar-refractivity contribution >= 4 is 10.9 Å². The van der Waals surface area contributed by atoms with Crippen LogP contribution in [0.3, 0.4) is 0 Å². The van der Waals surface area contributed by atoms with Crippen LogP contribution in [0.5, 0.6) is 5.75 Å². The van der Waals surface area contributed by atoms with E-state index < -0.39 is 0 Å². The van der Waals surface area contributed by atoms with Crippen molar-refractivity contribution in [2.45, 2.75) is 25.2 Å². The van der Waals surface area contributed by atoms with Gasteiger partial charge in [-0.2, -0.15) is 0 Å². The van der Waals surface area contributed by atoms with Crippen LogP contribution in [0.1, 0.15) is 30.0 Å². The molecule has 3 heterocycles. The smallest absolute Gasteiger partial charge is 0.128 e. The summed E-state index contributed by atoms with van der Waals surface area (Å²) in [5, 5.41) is 1.31. The van der Waals surface area contributed by atoms with E-state index in [1.54, 1.807) is 7.11 Å². The number of aromatic nitrogens is 1. The lowest BCUT2D eigenvalue weighted by Gasteiger charge is -2.29. The molecule has 3 nitrogen and oxygen atoms in total. The molecular weight excluding hydrogens is 236 g/mol. The Bertz CT molecular complexity index is 616. The Labute approximate surface area is 113 Å². The number of benzene rings is 1. The summed E-state index contributed by atoms with van der Waals surface area (Å²) in [5.41, 5.74) is 4.21. The Kier molecular flexibility index (Phi) is 2.55. The van der Waals surface area contributed by atoms with Crippen LogP contribution in [0, 0.1) is 0 Å². The molecule has 0 radical (unpaired) electrons. The highest BCUT2D eigenvalue weighted by atomic mass is 16.5. The molecular formula is C16H20N2O. The van der Waals surface area contributed by atoms with Gasteiger partial charge in [0, 0.05) is 35.6 Å². The number of H-pyrrole nitrogens is 1. The van der Waals surface area contributed by atoms with E-state index in [1.165, 1.54) is 54.6 Å². The standard InChI is InChI=1S/C16H20N2O/c1-19-14-6-2-5-13-15(14)12-7-9-18-8-3-4-11(10-18)16(12)17-13/h2,5-6,11,17H,3-4,7-10H2,1H3. The molecule has 2 aliphatic rings. The van der Waals surface area contributed by atoms with Gasteiger partial charge in [0.15, 0.2) is 0 Å². The van der Waals surface area contributed by atoms with Gasteiger partial charge in [-0.1, -0.05) is 6.07 Å². The fraction of sp³-hybridized carbons (Fsp3) is 0.500. The zero-order valence-corrected chi connectivity index (χ0v) is 11.4. The summed E-state index contributed by atoms with van der Waals surface area (Å²) in [6.45, 7) is 3.69. The van der Waals surface area contributed by atoms with Gasteiger partial charge in [0.1, 0.15) is 5.75 Å². The molecule has 2 unspecified atom stereocenters. The van der Waals surface area contributed by atoms with Crippen LogP contribution < -0.4 is 4.74 Å². The Morgan fingerprint density at radius 1 is 1.32 bits per heavy atom. The molecule has 1 aromatic carbocycles. The van der Waals surface area contributed by atoms with Crippen LogP contribution >= 0.6 is 0 Å². The van der Waals surface area contributed by atoms with Crippen LogP contribution in [-0.2, 0) is 6.42 Å². The van der Waals surface area contributed by atoms with Crippen molar-refractivity contribution < 1.29 is 4.74 Å². The maximum Gasteiger partial charge on any atom is 0.128 e. The third-order valence-electron chi connectivity index (χ3n) is 4.73. The lowest BCUT2D eigenvalue weighted by atomic mass is 9.93. The van der Waals surface area contributed by atoms with Crippen molar-refractivity contribution in [3.05, 3.63) is 29.5 Å². The summed E-state index contributed by atoms with van der Waals surface area (Å²) >= 11 is 0. The second-order valence-electron chi connectivity index (χ2n) is 5.79. The van der Waals surface area contributed by atoms with Gasteiger partial charge in [-0.15, -0.1) is 0 Å². The van der Waals surface area contributed by atoms with E-state index in [0.29, 0.717) is 5.92 Å². The first-order chi connectivity index (χ1) is 9.36. The molecule has 0 saturated carbocycles. The fourth-order valence-electron chi connectivity index (χ4n) is 3.84. The SMILES string of the molecule is COc1cccc2[nH]c3c(c12)CCN1CCCC3C1. The molecule has 4 rings (SSSR count). The molecule has 3 heteroatoms. The number of aromatic amines is 1. The summed E-state index contributed by atoms with van der Waals surface area (Å²) in [4.78, 5) is 6.29. The Balaban J connectivity index is 1.93. The summed E-state index contributed by atoms with van der Waals surface area (Å²) in [6.07, 6.45) is 3.79. The predicted molar refractivity (Wildman–Crippen MR) is 77.0 cm³/mol. The van der Waals surface area contributed by atoms with E-state index in [1.807, 2.05) is 0 Å². The van der Waals surface area contributed by atoms with E-state index in [4.69, 9.17) is 4.74 Å². The zero-order chi connectivity index (χ0) is 12.8. The molecule has 0 spiro atoms.